The van der Waals surface area contributed by atoms with E-state index in [4.69, 9.17) is 37.0 Å². The Bertz CT molecular complexity index is 1860. The monoisotopic (exact) mass is 1410 g/mol. The van der Waals surface area contributed by atoms with Gasteiger partial charge in [0.25, 0.3) is 0 Å². The topological polar surface area (TPSA) is 237 Å². The second-order valence-corrected chi connectivity index (χ2v) is 31.4. The van der Waals surface area contributed by atoms with E-state index in [0.717, 1.165) is 108 Å². The van der Waals surface area contributed by atoms with Crippen LogP contribution >= 0.6 is 15.6 Å². The van der Waals surface area contributed by atoms with Gasteiger partial charge in [0.05, 0.1) is 26.4 Å². The fourth-order valence-corrected chi connectivity index (χ4v) is 13.4. The number of aliphatic hydroxyl groups is 1. The zero-order valence-electron chi connectivity index (χ0n) is 62.7. The molecule has 3 unspecified atom stereocenters. The number of carbonyl (C=O) groups excluding carboxylic acids is 4. The molecule has 0 radical (unpaired) electrons. The summed E-state index contributed by atoms with van der Waals surface area (Å²) in [6.07, 6.45) is 57.0. The zero-order valence-corrected chi connectivity index (χ0v) is 64.5. The molecule has 19 heteroatoms. The van der Waals surface area contributed by atoms with Crippen LogP contribution in [0.1, 0.15) is 401 Å². The number of aliphatic hydroxyl groups excluding tert-OH is 1. The lowest BCUT2D eigenvalue weighted by Crippen LogP contribution is -2.30. The average molecular weight is 1410 g/mol. The van der Waals surface area contributed by atoms with Gasteiger partial charge in [0.15, 0.2) is 12.2 Å². The number of rotatable bonds is 76. The van der Waals surface area contributed by atoms with E-state index in [1.165, 1.54) is 212 Å². The van der Waals surface area contributed by atoms with Crippen molar-refractivity contribution in [1.29, 1.82) is 0 Å². The minimum Gasteiger partial charge on any atom is -0.462 e. The predicted octanol–water partition coefficient (Wildman–Crippen LogP) is 22.7. The van der Waals surface area contributed by atoms with E-state index < -0.39 is 97.5 Å². The van der Waals surface area contributed by atoms with Crippen LogP contribution in [0.15, 0.2) is 0 Å². The number of esters is 4. The number of ether oxygens (including phenoxy) is 4. The molecule has 6 atom stereocenters. The second-order valence-electron chi connectivity index (χ2n) is 28.5. The third-order valence-corrected chi connectivity index (χ3v) is 20.2. The Balaban J connectivity index is 5.19. The Labute approximate surface area is 588 Å². The van der Waals surface area contributed by atoms with E-state index in [9.17, 15) is 43.2 Å². The normalized spacial score (nSPS) is 14.3. The lowest BCUT2D eigenvalue weighted by Gasteiger charge is -2.21. The highest BCUT2D eigenvalue weighted by atomic mass is 31.2. The van der Waals surface area contributed by atoms with Crippen LogP contribution in [0.5, 0.6) is 0 Å². The molecule has 0 spiro atoms. The van der Waals surface area contributed by atoms with Crippen molar-refractivity contribution in [3.05, 3.63) is 0 Å². The quantitative estimate of drug-likeness (QED) is 0.0222. The Hall–Kier alpha value is -1.94. The van der Waals surface area contributed by atoms with Crippen molar-refractivity contribution in [3.63, 3.8) is 0 Å². The summed E-state index contributed by atoms with van der Waals surface area (Å²) in [6, 6.07) is 0. The molecule has 0 fully saturated rings. The fraction of sp³-hybridized carbons (Fsp3) is 0.948. The van der Waals surface area contributed by atoms with Crippen molar-refractivity contribution in [1.82, 2.24) is 0 Å². The molecular formula is C77H150O17P2. The standard InChI is InChI=1S/C77H150O17P2/c1-7-10-12-14-16-18-19-20-21-22-23-24-25-26-27-28-33-36-43-49-55-61-76(81)93-73(66-88-75(80)60-54-48-42-35-32-30-29-31-34-39-45-51-57-69(4)5)68-92-96(85,86)90-64-71(78)63-89-95(83,84)91-67-72(65-87-74(79)59-53-47-41-17-15-13-11-8-2)94-77(82)62-56-50-44-38-37-40-46-52-58-70(6)9-3/h69-73,78H,7-68H2,1-6H3,(H,83,84)(H,85,86)/t70?,71-,72+,73+/m0/s1. The first-order chi connectivity index (χ1) is 46.4. The Kier molecular flexibility index (Phi) is 67.4. The molecular weight excluding hydrogens is 1260 g/mol. The van der Waals surface area contributed by atoms with E-state index in [0.29, 0.717) is 25.7 Å². The zero-order chi connectivity index (χ0) is 70.7. The minimum absolute atomic E-state index is 0.105. The van der Waals surface area contributed by atoms with Crippen LogP contribution < -0.4 is 0 Å². The second kappa shape index (κ2) is 68.8. The Morgan fingerprint density at radius 3 is 0.792 bits per heavy atom. The predicted molar refractivity (Wildman–Crippen MR) is 391 cm³/mol. The highest BCUT2D eigenvalue weighted by molar-refractivity contribution is 7.47. The van der Waals surface area contributed by atoms with Crippen molar-refractivity contribution in [2.75, 3.05) is 39.6 Å². The van der Waals surface area contributed by atoms with E-state index in [-0.39, 0.29) is 25.7 Å². The molecule has 0 aliphatic carbocycles. The summed E-state index contributed by atoms with van der Waals surface area (Å²) in [4.78, 5) is 72.7. The lowest BCUT2D eigenvalue weighted by atomic mass is 9.99. The van der Waals surface area contributed by atoms with Gasteiger partial charge < -0.3 is 33.8 Å². The number of carbonyl (C=O) groups is 4. The van der Waals surface area contributed by atoms with Crippen LogP contribution in [-0.4, -0.2) is 96.7 Å². The molecule has 0 aromatic rings. The summed E-state index contributed by atoms with van der Waals surface area (Å²) in [5.74, 6) is -0.568. The third kappa shape index (κ3) is 69.2. The number of unbranched alkanes of at least 4 members (excludes halogenated alkanes) is 45. The van der Waals surface area contributed by atoms with Crippen molar-refractivity contribution in [2.24, 2.45) is 11.8 Å². The summed E-state index contributed by atoms with van der Waals surface area (Å²) in [5.41, 5.74) is 0. The minimum atomic E-state index is -4.96. The van der Waals surface area contributed by atoms with Gasteiger partial charge in [0.1, 0.15) is 19.3 Å². The van der Waals surface area contributed by atoms with Gasteiger partial charge in [-0.1, -0.05) is 350 Å². The molecule has 0 heterocycles. The van der Waals surface area contributed by atoms with E-state index in [1.807, 2.05) is 0 Å². The molecule has 17 nitrogen and oxygen atoms in total. The van der Waals surface area contributed by atoms with Gasteiger partial charge in [-0.15, -0.1) is 0 Å². The van der Waals surface area contributed by atoms with Gasteiger partial charge in [0.2, 0.25) is 0 Å². The average Bonchev–Trinajstić information content (AvgIpc) is 1.16. The number of hydrogen-bond donors (Lipinski definition) is 3. The van der Waals surface area contributed by atoms with Gasteiger partial charge in [-0.3, -0.25) is 37.3 Å². The van der Waals surface area contributed by atoms with Crippen molar-refractivity contribution in [3.8, 4) is 0 Å². The molecule has 0 aromatic heterocycles. The molecule has 0 aliphatic rings. The van der Waals surface area contributed by atoms with Crippen LogP contribution in [0.2, 0.25) is 0 Å². The molecule has 0 rings (SSSR count). The first-order valence-corrected chi connectivity index (χ1v) is 43.0. The summed E-state index contributed by atoms with van der Waals surface area (Å²) in [7, 11) is -9.91. The maximum absolute atomic E-state index is 13.1. The van der Waals surface area contributed by atoms with Gasteiger partial charge in [-0.05, 0) is 37.5 Å². The van der Waals surface area contributed by atoms with Gasteiger partial charge in [-0.2, -0.15) is 0 Å². The molecule has 0 saturated heterocycles. The highest BCUT2D eigenvalue weighted by Gasteiger charge is 2.30. The highest BCUT2D eigenvalue weighted by Crippen LogP contribution is 2.45. The first-order valence-electron chi connectivity index (χ1n) is 40.0. The molecule has 570 valence electrons. The largest absolute Gasteiger partial charge is 0.472 e. The molecule has 96 heavy (non-hydrogen) atoms. The van der Waals surface area contributed by atoms with Gasteiger partial charge in [0, 0.05) is 25.7 Å². The molecule has 3 N–H and O–H groups in total. The summed E-state index contributed by atoms with van der Waals surface area (Å²) < 4.78 is 68.5. The molecule has 0 saturated carbocycles. The lowest BCUT2D eigenvalue weighted by molar-refractivity contribution is -0.161. The number of phosphoric ester groups is 2. The van der Waals surface area contributed by atoms with E-state index >= 15 is 0 Å². The molecule has 0 aromatic carbocycles. The SMILES string of the molecule is CCCCCCCCCCCCCCCCCCCCCCCC(=O)O[C@H](COC(=O)CCCCCCCCCCCCCCC(C)C)COP(=O)(O)OC[C@@H](O)COP(=O)(O)OC[C@@H](COC(=O)CCCCCCCCCC)OC(=O)CCCCCCCCCCC(C)CC. The van der Waals surface area contributed by atoms with Crippen molar-refractivity contribution >= 4 is 39.5 Å². The van der Waals surface area contributed by atoms with Gasteiger partial charge >= 0.3 is 39.5 Å². The van der Waals surface area contributed by atoms with Crippen LogP contribution in [0.4, 0.5) is 0 Å². The summed E-state index contributed by atoms with van der Waals surface area (Å²) in [5, 5.41) is 10.6. The molecule has 0 aliphatic heterocycles. The smallest absolute Gasteiger partial charge is 0.462 e. The van der Waals surface area contributed by atoms with Crippen LogP contribution in [-0.2, 0) is 65.4 Å². The Morgan fingerprint density at radius 2 is 0.531 bits per heavy atom. The summed E-state index contributed by atoms with van der Waals surface area (Å²) >= 11 is 0. The number of phosphoric acid groups is 2. The Morgan fingerprint density at radius 1 is 0.302 bits per heavy atom. The van der Waals surface area contributed by atoms with E-state index in [1.54, 1.807) is 0 Å². The molecule has 0 amide bonds. The van der Waals surface area contributed by atoms with E-state index in [2.05, 4.69) is 41.5 Å². The van der Waals surface area contributed by atoms with Crippen LogP contribution in [0, 0.1) is 11.8 Å². The maximum Gasteiger partial charge on any atom is 0.472 e. The van der Waals surface area contributed by atoms with Gasteiger partial charge in [-0.25, -0.2) is 9.13 Å². The van der Waals surface area contributed by atoms with Crippen LogP contribution in [0.3, 0.4) is 0 Å². The first kappa shape index (κ1) is 94.1. The summed E-state index contributed by atoms with van der Waals surface area (Å²) in [6.45, 7) is 9.58. The van der Waals surface area contributed by atoms with Crippen molar-refractivity contribution < 1.29 is 80.2 Å². The maximum atomic E-state index is 13.1. The van der Waals surface area contributed by atoms with Crippen LogP contribution in [0.25, 0.3) is 0 Å². The fourth-order valence-electron chi connectivity index (χ4n) is 11.8. The third-order valence-electron chi connectivity index (χ3n) is 18.3. The number of hydrogen-bond acceptors (Lipinski definition) is 15. The van der Waals surface area contributed by atoms with Crippen molar-refractivity contribution in [2.45, 2.75) is 419 Å². The molecule has 0 bridgehead atoms.